The zero-order valence-corrected chi connectivity index (χ0v) is 5.11. The van der Waals surface area contributed by atoms with Crippen molar-refractivity contribution in [3.63, 3.8) is 0 Å². The van der Waals surface area contributed by atoms with E-state index in [9.17, 15) is 5.21 Å². The van der Waals surface area contributed by atoms with Gasteiger partial charge in [0.1, 0.15) is 0 Å². The normalized spacial score (nSPS) is 10.8. The molecule has 1 rings (SSSR count). The molecule has 3 heteroatoms. The van der Waals surface area contributed by atoms with E-state index in [4.69, 9.17) is 0 Å². The maximum atomic E-state index is 10.6. The third kappa shape index (κ3) is 1.10. The second kappa shape index (κ2) is 2.35. The van der Waals surface area contributed by atoms with Crippen LogP contribution in [0, 0.1) is 5.21 Å². The number of nitrogens with zero attached hydrogens (tertiary/aromatic N) is 2. The summed E-state index contributed by atoms with van der Waals surface area (Å²) in [5.41, 5.74) is 0.581. The van der Waals surface area contributed by atoms with Crippen molar-refractivity contribution in [3.05, 3.63) is 29.2 Å². The Morgan fingerprint density at radius 3 is 3.00 bits per heavy atom. The molecule has 1 heterocycles. The second-order valence-electron chi connectivity index (χ2n) is 1.65. The smallest absolute Gasteiger partial charge is 0.0540 e. The van der Waals surface area contributed by atoms with Crippen molar-refractivity contribution in [1.82, 2.24) is 4.73 Å². The van der Waals surface area contributed by atoms with E-state index < -0.39 is 0 Å². The maximum absolute atomic E-state index is 10.6. The summed E-state index contributed by atoms with van der Waals surface area (Å²) in [6, 6.07) is 3.39. The summed E-state index contributed by atoms with van der Waals surface area (Å²) in [6.07, 6.45) is 2.96. The molecule has 0 N–H and O–H groups in total. The number of hydrogen-bond donors (Lipinski definition) is 0. The van der Waals surface area contributed by atoms with Crippen LogP contribution in [0.2, 0.25) is 0 Å². The van der Waals surface area contributed by atoms with E-state index in [1.54, 1.807) is 19.2 Å². The summed E-state index contributed by atoms with van der Waals surface area (Å²) in [7, 11) is 1.63. The predicted molar refractivity (Wildman–Crippen MR) is 36.7 cm³/mol. The fourth-order valence-electron chi connectivity index (χ4n) is 0.612. The number of aromatic nitrogens is 1. The molecule has 1 aromatic heterocycles. The number of hydrogen-bond acceptors (Lipinski definition) is 2. The van der Waals surface area contributed by atoms with E-state index >= 15 is 0 Å². The van der Waals surface area contributed by atoms with Gasteiger partial charge in [-0.1, -0.05) is 0 Å². The van der Waals surface area contributed by atoms with Crippen molar-refractivity contribution in [2.24, 2.45) is 4.99 Å². The summed E-state index contributed by atoms with van der Waals surface area (Å²) in [5, 5.41) is 10.6. The Morgan fingerprint density at radius 1 is 1.78 bits per heavy atom. The van der Waals surface area contributed by atoms with Crippen LogP contribution in [0.4, 0.5) is 0 Å². The molecular formula is C6H7N2O-. The van der Waals surface area contributed by atoms with Crippen LogP contribution in [0.3, 0.4) is 0 Å². The van der Waals surface area contributed by atoms with Gasteiger partial charge in [-0.2, -0.15) is 0 Å². The average molecular weight is 123 g/mol. The van der Waals surface area contributed by atoms with Crippen molar-refractivity contribution in [2.75, 3.05) is 7.05 Å². The minimum absolute atomic E-state index is 0.581. The predicted octanol–water partition coefficient (Wildman–Crippen LogP) is 0.883. The maximum Gasteiger partial charge on any atom is 0.0540 e. The van der Waals surface area contributed by atoms with E-state index in [-0.39, 0.29) is 0 Å². The second-order valence-corrected chi connectivity index (χ2v) is 1.65. The first-order valence-corrected chi connectivity index (χ1v) is 2.61. The van der Waals surface area contributed by atoms with Gasteiger partial charge in [-0.15, -0.1) is 0 Å². The van der Waals surface area contributed by atoms with Gasteiger partial charge in [-0.3, -0.25) is 4.99 Å². The summed E-state index contributed by atoms with van der Waals surface area (Å²) in [6.45, 7) is 0. The SMILES string of the molecule is CN=Cc1cccn1[O-]. The molecular weight excluding hydrogens is 116 g/mol. The topological polar surface area (TPSA) is 40.3 Å². The van der Waals surface area contributed by atoms with Crippen LogP contribution >= 0.6 is 0 Å². The van der Waals surface area contributed by atoms with Crippen molar-refractivity contribution >= 4 is 6.21 Å². The zero-order valence-electron chi connectivity index (χ0n) is 5.11. The van der Waals surface area contributed by atoms with Crippen LogP contribution < -0.4 is 0 Å². The van der Waals surface area contributed by atoms with Gasteiger partial charge in [0.25, 0.3) is 0 Å². The van der Waals surface area contributed by atoms with Crippen molar-refractivity contribution in [3.8, 4) is 0 Å². The molecule has 0 amide bonds. The number of aliphatic imine (C=N–C) groups is 1. The molecule has 0 spiro atoms. The Kier molecular flexibility index (Phi) is 1.53. The Labute approximate surface area is 53.2 Å². The Balaban J connectivity index is 2.94. The molecule has 0 aliphatic rings. The van der Waals surface area contributed by atoms with Crippen LogP contribution in [-0.2, 0) is 0 Å². The zero-order chi connectivity index (χ0) is 6.69. The Hall–Kier alpha value is -1.25. The standard InChI is InChI=1S/C6H7N2O/c1-7-5-6-3-2-4-8(6)9/h2-5H,1H3/q-1. The highest BCUT2D eigenvalue weighted by Crippen LogP contribution is 1.94. The Morgan fingerprint density at radius 2 is 2.56 bits per heavy atom. The van der Waals surface area contributed by atoms with Gasteiger partial charge in [-0.05, 0) is 18.3 Å². The van der Waals surface area contributed by atoms with E-state index in [0.29, 0.717) is 5.69 Å². The molecule has 0 atom stereocenters. The molecule has 0 fully saturated rings. The molecule has 1 aromatic rings. The first-order chi connectivity index (χ1) is 4.34. The first kappa shape index (κ1) is 5.88. The molecule has 0 bridgehead atoms. The fraction of sp³-hybridized carbons (Fsp3) is 0.167. The van der Waals surface area contributed by atoms with Crippen LogP contribution in [0.25, 0.3) is 0 Å². The molecule has 0 radical (unpaired) electrons. The lowest BCUT2D eigenvalue weighted by atomic mass is 10.5. The highest BCUT2D eigenvalue weighted by molar-refractivity contribution is 5.77. The molecule has 48 valence electrons. The quantitative estimate of drug-likeness (QED) is 0.511. The van der Waals surface area contributed by atoms with E-state index in [0.717, 1.165) is 4.73 Å². The molecule has 3 nitrogen and oxygen atoms in total. The van der Waals surface area contributed by atoms with E-state index in [2.05, 4.69) is 4.99 Å². The number of rotatable bonds is 1. The van der Waals surface area contributed by atoms with Gasteiger partial charge in [-0.25, -0.2) is 0 Å². The van der Waals surface area contributed by atoms with E-state index in [1.165, 1.54) is 12.4 Å². The highest BCUT2D eigenvalue weighted by atomic mass is 16.5. The van der Waals surface area contributed by atoms with Gasteiger partial charge in [0.2, 0.25) is 0 Å². The minimum atomic E-state index is 0.581. The van der Waals surface area contributed by atoms with Gasteiger partial charge in [0.15, 0.2) is 0 Å². The third-order valence-corrected chi connectivity index (χ3v) is 1.00. The van der Waals surface area contributed by atoms with Gasteiger partial charge < -0.3 is 9.94 Å². The minimum Gasteiger partial charge on any atom is -0.806 e. The van der Waals surface area contributed by atoms with Crippen LogP contribution in [-0.4, -0.2) is 18.0 Å². The highest BCUT2D eigenvalue weighted by Gasteiger charge is 1.84. The van der Waals surface area contributed by atoms with Crippen LogP contribution in [0.1, 0.15) is 5.69 Å². The van der Waals surface area contributed by atoms with Crippen molar-refractivity contribution in [2.45, 2.75) is 0 Å². The average Bonchev–Trinajstić information content (AvgIpc) is 2.18. The molecule has 0 saturated heterocycles. The molecule has 0 saturated carbocycles. The summed E-state index contributed by atoms with van der Waals surface area (Å²) < 4.78 is 0.771. The summed E-state index contributed by atoms with van der Waals surface area (Å²) in [4.78, 5) is 3.69. The Bertz CT molecular complexity index is 215. The molecule has 0 aliphatic heterocycles. The first-order valence-electron chi connectivity index (χ1n) is 2.61. The van der Waals surface area contributed by atoms with Gasteiger partial charge in [0.05, 0.1) is 5.69 Å². The summed E-state index contributed by atoms with van der Waals surface area (Å²) >= 11 is 0. The van der Waals surface area contributed by atoms with E-state index in [1.807, 2.05) is 0 Å². The molecule has 0 aromatic carbocycles. The molecule has 0 aliphatic carbocycles. The van der Waals surface area contributed by atoms with Crippen molar-refractivity contribution < 1.29 is 0 Å². The van der Waals surface area contributed by atoms with Gasteiger partial charge in [0, 0.05) is 13.3 Å². The van der Waals surface area contributed by atoms with Crippen molar-refractivity contribution in [1.29, 1.82) is 0 Å². The molecule has 9 heavy (non-hydrogen) atoms. The lowest BCUT2D eigenvalue weighted by Crippen LogP contribution is -1.89. The summed E-state index contributed by atoms with van der Waals surface area (Å²) in [5.74, 6) is 0. The fourth-order valence-corrected chi connectivity index (χ4v) is 0.612. The monoisotopic (exact) mass is 123 g/mol. The lowest BCUT2D eigenvalue weighted by Gasteiger charge is -2.06. The van der Waals surface area contributed by atoms with Crippen LogP contribution in [0.15, 0.2) is 23.3 Å². The third-order valence-electron chi connectivity index (χ3n) is 1.00. The largest absolute Gasteiger partial charge is 0.806 e. The van der Waals surface area contributed by atoms with Gasteiger partial charge >= 0.3 is 0 Å². The molecule has 0 unspecified atom stereocenters. The van der Waals surface area contributed by atoms with Crippen LogP contribution in [0.5, 0.6) is 0 Å². The lowest BCUT2D eigenvalue weighted by molar-refractivity contribution is 1.09.